The summed E-state index contributed by atoms with van der Waals surface area (Å²) in [6.07, 6.45) is 3.23. The van der Waals surface area contributed by atoms with Gasteiger partial charge in [-0.05, 0) is 37.8 Å². The molecule has 2 saturated heterocycles. The normalized spacial score (nSPS) is 21.8. The molecule has 8 heteroatoms. The second-order valence-electron chi connectivity index (χ2n) is 7.66. The van der Waals surface area contributed by atoms with Crippen LogP contribution in [0.3, 0.4) is 0 Å². The quantitative estimate of drug-likeness (QED) is 0.747. The van der Waals surface area contributed by atoms with Crippen LogP contribution >= 0.6 is 12.4 Å². The van der Waals surface area contributed by atoms with Gasteiger partial charge in [0, 0.05) is 44.8 Å². The molecule has 2 aliphatic rings. The molecule has 3 amide bonds. The SMILES string of the molecule is Cl.NCCNC(=O)C1CCCN(C(=O)C2CCCN(C(=O)c3ccccc3)C2)C1. The average molecular weight is 423 g/mol. The molecule has 1 aromatic rings. The molecule has 3 N–H and O–H groups in total. The molecule has 1 aromatic carbocycles. The maximum Gasteiger partial charge on any atom is 0.253 e. The number of amides is 3. The number of hydrogen-bond acceptors (Lipinski definition) is 4. The summed E-state index contributed by atoms with van der Waals surface area (Å²) in [5.74, 6) is -0.327. The maximum atomic E-state index is 13.1. The first-order chi connectivity index (χ1) is 13.6. The van der Waals surface area contributed by atoms with Crippen molar-refractivity contribution in [1.29, 1.82) is 0 Å². The lowest BCUT2D eigenvalue weighted by Crippen LogP contribution is -2.51. The molecule has 160 valence electrons. The maximum absolute atomic E-state index is 13.1. The Kier molecular flexibility index (Phi) is 8.92. The van der Waals surface area contributed by atoms with E-state index in [2.05, 4.69) is 5.32 Å². The molecule has 0 saturated carbocycles. The fourth-order valence-electron chi connectivity index (χ4n) is 4.12. The Bertz CT molecular complexity index is 700. The molecule has 2 atom stereocenters. The number of likely N-dealkylation sites (tertiary alicyclic amines) is 2. The largest absolute Gasteiger partial charge is 0.355 e. The molecule has 0 aliphatic carbocycles. The lowest BCUT2D eigenvalue weighted by atomic mass is 9.92. The van der Waals surface area contributed by atoms with E-state index in [1.54, 1.807) is 4.90 Å². The topological polar surface area (TPSA) is 95.7 Å². The minimum absolute atomic E-state index is 0. The summed E-state index contributed by atoms with van der Waals surface area (Å²) in [5, 5.41) is 2.83. The van der Waals surface area contributed by atoms with Crippen molar-refractivity contribution in [2.24, 2.45) is 17.6 Å². The number of nitrogens with two attached hydrogens (primary N) is 1. The van der Waals surface area contributed by atoms with Gasteiger partial charge in [-0.25, -0.2) is 0 Å². The fraction of sp³-hybridized carbons (Fsp3) is 0.571. The van der Waals surface area contributed by atoms with E-state index in [9.17, 15) is 14.4 Å². The second kappa shape index (κ2) is 11.2. The van der Waals surface area contributed by atoms with Gasteiger partial charge < -0.3 is 20.9 Å². The highest BCUT2D eigenvalue weighted by atomic mass is 35.5. The van der Waals surface area contributed by atoms with Crippen LogP contribution in [0.2, 0.25) is 0 Å². The Morgan fingerprint density at radius 3 is 2.28 bits per heavy atom. The number of halogens is 1. The van der Waals surface area contributed by atoms with Crippen molar-refractivity contribution < 1.29 is 14.4 Å². The fourth-order valence-corrected chi connectivity index (χ4v) is 4.12. The minimum atomic E-state index is -0.188. The van der Waals surface area contributed by atoms with Crippen molar-refractivity contribution in [3.05, 3.63) is 35.9 Å². The van der Waals surface area contributed by atoms with Crippen LogP contribution in [0.15, 0.2) is 30.3 Å². The summed E-state index contributed by atoms with van der Waals surface area (Å²) < 4.78 is 0. The van der Waals surface area contributed by atoms with Crippen LogP contribution in [0.5, 0.6) is 0 Å². The third-order valence-corrected chi connectivity index (χ3v) is 5.63. The molecule has 2 aliphatic heterocycles. The number of carbonyl (C=O) groups excluding carboxylic acids is 3. The number of nitrogens with one attached hydrogen (secondary N) is 1. The molecule has 2 fully saturated rings. The molecule has 29 heavy (non-hydrogen) atoms. The molecular weight excluding hydrogens is 392 g/mol. The molecule has 0 bridgehead atoms. The van der Waals surface area contributed by atoms with Gasteiger partial charge >= 0.3 is 0 Å². The van der Waals surface area contributed by atoms with E-state index < -0.39 is 0 Å². The molecule has 2 unspecified atom stereocenters. The second-order valence-corrected chi connectivity index (χ2v) is 7.66. The number of piperidine rings is 2. The first-order valence-electron chi connectivity index (χ1n) is 10.2. The van der Waals surface area contributed by atoms with Gasteiger partial charge in [0.1, 0.15) is 0 Å². The van der Waals surface area contributed by atoms with Crippen molar-refractivity contribution in [3.63, 3.8) is 0 Å². The third kappa shape index (κ3) is 5.93. The van der Waals surface area contributed by atoms with Crippen LogP contribution in [-0.2, 0) is 9.59 Å². The van der Waals surface area contributed by atoms with Crippen LogP contribution in [0, 0.1) is 11.8 Å². The van der Waals surface area contributed by atoms with Gasteiger partial charge in [-0.1, -0.05) is 18.2 Å². The van der Waals surface area contributed by atoms with E-state index in [4.69, 9.17) is 5.73 Å². The summed E-state index contributed by atoms with van der Waals surface area (Å²) in [5.41, 5.74) is 6.10. The number of nitrogens with zero attached hydrogens (tertiary/aromatic N) is 2. The zero-order valence-corrected chi connectivity index (χ0v) is 17.5. The molecular formula is C21H31ClN4O3. The zero-order chi connectivity index (χ0) is 19.9. The lowest BCUT2D eigenvalue weighted by molar-refractivity contribution is -0.140. The predicted molar refractivity (Wildman–Crippen MR) is 114 cm³/mol. The molecule has 2 heterocycles. The van der Waals surface area contributed by atoms with Gasteiger partial charge in [0.05, 0.1) is 11.8 Å². The Hall–Kier alpha value is -2.12. The zero-order valence-electron chi connectivity index (χ0n) is 16.7. The van der Waals surface area contributed by atoms with E-state index in [0.717, 1.165) is 25.7 Å². The Balaban J connectivity index is 0.00000300. The Morgan fingerprint density at radius 2 is 1.59 bits per heavy atom. The molecule has 0 radical (unpaired) electrons. The van der Waals surface area contributed by atoms with Crippen LogP contribution in [0.25, 0.3) is 0 Å². The van der Waals surface area contributed by atoms with Crippen LogP contribution in [-0.4, -0.2) is 66.8 Å². The van der Waals surface area contributed by atoms with Gasteiger partial charge in [0.2, 0.25) is 11.8 Å². The Labute approximate surface area is 178 Å². The van der Waals surface area contributed by atoms with Crippen molar-refractivity contribution in [2.75, 3.05) is 39.3 Å². The summed E-state index contributed by atoms with van der Waals surface area (Å²) in [6, 6.07) is 9.20. The van der Waals surface area contributed by atoms with E-state index >= 15 is 0 Å². The Morgan fingerprint density at radius 1 is 0.966 bits per heavy atom. The number of rotatable bonds is 5. The van der Waals surface area contributed by atoms with Crippen molar-refractivity contribution in [2.45, 2.75) is 25.7 Å². The first-order valence-corrected chi connectivity index (χ1v) is 10.2. The lowest BCUT2D eigenvalue weighted by Gasteiger charge is -2.38. The highest BCUT2D eigenvalue weighted by Gasteiger charge is 2.35. The first kappa shape index (κ1) is 23.2. The minimum Gasteiger partial charge on any atom is -0.355 e. The van der Waals surface area contributed by atoms with Gasteiger partial charge in [-0.2, -0.15) is 0 Å². The van der Waals surface area contributed by atoms with Crippen molar-refractivity contribution in [1.82, 2.24) is 15.1 Å². The van der Waals surface area contributed by atoms with Gasteiger partial charge in [0.25, 0.3) is 5.91 Å². The van der Waals surface area contributed by atoms with E-state index in [0.29, 0.717) is 44.8 Å². The molecule has 7 nitrogen and oxygen atoms in total. The van der Waals surface area contributed by atoms with Crippen LogP contribution in [0.1, 0.15) is 36.0 Å². The number of hydrogen-bond donors (Lipinski definition) is 2. The number of carbonyl (C=O) groups is 3. The molecule has 0 aromatic heterocycles. The van der Waals surface area contributed by atoms with E-state index in [-0.39, 0.29) is 42.0 Å². The smallest absolute Gasteiger partial charge is 0.253 e. The van der Waals surface area contributed by atoms with Crippen LogP contribution in [0.4, 0.5) is 0 Å². The molecule has 3 rings (SSSR count). The monoisotopic (exact) mass is 422 g/mol. The summed E-state index contributed by atoms with van der Waals surface area (Å²) in [7, 11) is 0. The summed E-state index contributed by atoms with van der Waals surface area (Å²) in [4.78, 5) is 41.6. The highest BCUT2D eigenvalue weighted by Crippen LogP contribution is 2.24. The van der Waals surface area contributed by atoms with Gasteiger partial charge in [-0.15, -0.1) is 12.4 Å². The summed E-state index contributed by atoms with van der Waals surface area (Å²) in [6.45, 7) is 3.15. The average Bonchev–Trinajstić information content (AvgIpc) is 2.77. The van der Waals surface area contributed by atoms with Crippen molar-refractivity contribution in [3.8, 4) is 0 Å². The van der Waals surface area contributed by atoms with Gasteiger partial charge in [0.15, 0.2) is 0 Å². The third-order valence-electron chi connectivity index (χ3n) is 5.63. The van der Waals surface area contributed by atoms with Gasteiger partial charge in [-0.3, -0.25) is 14.4 Å². The molecule has 0 spiro atoms. The standard InChI is InChI=1S/C21H30N4O3.ClH/c22-10-11-23-19(26)17-8-4-12-24(14-17)21(28)18-9-5-13-25(15-18)20(27)16-6-2-1-3-7-16;/h1-3,6-7,17-18H,4-5,8-15,22H2,(H,23,26);1H. The van der Waals surface area contributed by atoms with E-state index in [1.165, 1.54) is 0 Å². The van der Waals surface area contributed by atoms with E-state index in [1.807, 2.05) is 35.2 Å². The summed E-state index contributed by atoms with van der Waals surface area (Å²) >= 11 is 0. The van der Waals surface area contributed by atoms with Crippen molar-refractivity contribution >= 4 is 30.1 Å². The predicted octanol–water partition coefficient (Wildman–Crippen LogP) is 1.27. The van der Waals surface area contributed by atoms with Crippen LogP contribution < -0.4 is 11.1 Å². The highest BCUT2D eigenvalue weighted by molar-refractivity contribution is 5.94. The number of benzene rings is 1.